The van der Waals surface area contributed by atoms with Gasteiger partial charge in [0.05, 0.1) is 0 Å². The van der Waals surface area contributed by atoms with Gasteiger partial charge in [-0.25, -0.2) is 0 Å². The Bertz CT molecular complexity index is 223. The number of hydrogen-bond donors (Lipinski definition) is 0. The molecule has 0 aromatic heterocycles. The van der Waals surface area contributed by atoms with Crippen molar-refractivity contribution in [1.29, 1.82) is 0 Å². The fraction of sp³-hybridized carbons (Fsp3) is 1.00. The summed E-state index contributed by atoms with van der Waals surface area (Å²) < 4.78 is 13.8. The highest BCUT2D eigenvalue weighted by atomic mass is 28.3. The first-order valence-electron chi connectivity index (χ1n) is 6.61. The summed E-state index contributed by atoms with van der Waals surface area (Å²) in [5.74, 6) is 0.908. The van der Waals surface area contributed by atoms with E-state index in [1.807, 2.05) is 0 Å². The van der Waals surface area contributed by atoms with Crippen molar-refractivity contribution >= 4 is 9.45 Å². The van der Waals surface area contributed by atoms with E-state index in [0.717, 1.165) is 12.0 Å². The zero-order valence-corrected chi connectivity index (χ0v) is 12.0. The fourth-order valence-electron chi connectivity index (χ4n) is 3.55. The molecule has 0 spiro atoms. The summed E-state index contributed by atoms with van der Waals surface area (Å²) in [5.41, 5.74) is 0. The smallest absolute Gasteiger partial charge is 0.388 e. The SMILES string of the molecule is CO[SiH](OC)N1C(C)CCC2CCCCC21. The quantitative estimate of drug-likeness (QED) is 0.708. The Hall–Kier alpha value is 0.0969. The second-order valence-corrected chi connectivity index (χ2v) is 7.42. The van der Waals surface area contributed by atoms with Crippen molar-refractivity contribution < 1.29 is 8.85 Å². The van der Waals surface area contributed by atoms with E-state index < -0.39 is 9.45 Å². The van der Waals surface area contributed by atoms with Gasteiger partial charge in [0.2, 0.25) is 0 Å². The zero-order valence-electron chi connectivity index (χ0n) is 10.8. The van der Waals surface area contributed by atoms with Crippen LogP contribution in [0.4, 0.5) is 0 Å². The Morgan fingerprint density at radius 1 is 1.00 bits per heavy atom. The summed E-state index contributed by atoms with van der Waals surface area (Å²) in [4.78, 5) is 0. The molecule has 2 aliphatic rings. The lowest BCUT2D eigenvalue weighted by Gasteiger charge is -2.49. The van der Waals surface area contributed by atoms with E-state index >= 15 is 0 Å². The second-order valence-electron chi connectivity index (χ2n) is 5.26. The van der Waals surface area contributed by atoms with Gasteiger partial charge >= 0.3 is 9.45 Å². The van der Waals surface area contributed by atoms with Crippen molar-refractivity contribution in [3.05, 3.63) is 0 Å². The first-order valence-corrected chi connectivity index (χ1v) is 8.07. The van der Waals surface area contributed by atoms with Crippen molar-refractivity contribution in [2.75, 3.05) is 14.2 Å². The van der Waals surface area contributed by atoms with Crippen LogP contribution in [0.2, 0.25) is 0 Å². The van der Waals surface area contributed by atoms with Crippen LogP contribution < -0.4 is 0 Å². The van der Waals surface area contributed by atoms with Gasteiger partial charge in [-0.3, -0.25) is 4.57 Å². The molecule has 16 heavy (non-hydrogen) atoms. The van der Waals surface area contributed by atoms with E-state index in [2.05, 4.69) is 11.5 Å². The van der Waals surface area contributed by atoms with E-state index in [-0.39, 0.29) is 0 Å². The fourth-order valence-corrected chi connectivity index (χ4v) is 5.50. The standard InChI is InChI=1S/C12H25NO2Si/c1-10-8-9-11-6-4-5-7-12(11)13(10)16(14-2)15-3/h10-12,16H,4-9H2,1-3H3. The molecule has 3 unspecified atom stereocenters. The van der Waals surface area contributed by atoms with Crippen LogP contribution in [-0.2, 0) is 8.85 Å². The Balaban J connectivity index is 2.10. The Labute approximate surface area is 101 Å². The van der Waals surface area contributed by atoms with Crippen molar-refractivity contribution in [3.8, 4) is 0 Å². The van der Waals surface area contributed by atoms with Crippen molar-refractivity contribution in [3.63, 3.8) is 0 Å². The predicted octanol–water partition coefficient (Wildman–Crippen LogP) is 2.04. The van der Waals surface area contributed by atoms with Crippen LogP contribution in [-0.4, -0.2) is 40.3 Å². The molecule has 0 aromatic rings. The molecule has 94 valence electrons. The van der Waals surface area contributed by atoms with Crippen LogP contribution in [0.15, 0.2) is 0 Å². The zero-order chi connectivity index (χ0) is 11.5. The summed E-state index contributed by atoms with van der Waals surface area (Å²) in [6.07, 6.45) is 8.32. The third-order valence-corrected chi connectivity index (χ3v) is 6.55. The molecule has 2 fully saturated rings. The Morgan fingerprint density at radius 2 is 1.69 bits per heavy atom. The Morgan fingerprint density at radius 3 is 2.38 bits per heavy atom. The third kappa shape index (κ3) is 2.35. The molecule has 0 amide bonds. The molecule has 0 radical (unpaired) electrons. The average Bonchev–Trinajstić information content (AvgIpc) is 2.33. The number of fused-ring (bicyclic) bond motifs is 1. The molecule has 1 heterocycles. The molecule has 0 aromatic carbocycles. The van der Waals surface area contributed by atoms with Crippen LogP contribution in [0.5, 0.6) is 0 Å². The van der Waals surface area contributed by atoms with E-state index in [4.69, 9.17) is 8.85 Å². The lowest BCUT2D eigenvalue weighted by Crippen LogP contribution is -2.59. The lowest BCUT2D eigenvalue weighted by atomic mass is 9.78. The molecule has 0 bridgehead atoms. The van der Waals surface area contributed by atoms with Crippen molar-refractivity contribution in [2.24, 2.45) is 5.92 Å². The van der Waals surface area contributed by atoms with E-state index in [1.165, 1.54) is 38.5 Å². The van der Waals surface area contributed by atoms with Gasteiger partial charge in [-0.05, 0) is 31.6 Å². The third-order valence-electron chi connectivity index (χ3n) is 4.36. The van der Waals surface area contributed by atoms with Crippen LogP contribution >= 0.6 is 0 Å². The maximum atomic E-state index is 5.60. The number of hydrogen-bond acceptors (Lipinski definition) is 3. The topological polar surface area (TPSA) is 21.7 Å². The molecule has 1 saturated carbocycles. The van der Waals surface area contributed by atoms with Gasteiger partial charge in [0.1, 0.15) is 0 Å². The van der Waals surface area contributed by atoms with Gasteiger partial charge in [-0.1, -0.05) is 19.8 Å². The molecule has 1 aliphatic heterocycles. The van der Waals surface area contributed by atoms with Crippen LogP contribution in [0.1, 0.15) is 45.4 Å². The Kier molecular flexibility index (Phi) is 4.41. The molecule has 2 rings (SSSR count). The molecular formula is C12H25NO2Si. The van der Waals surface area contributed by atoms with Gasteiger partial charge in [-0.15, -0.1) is 0 Å². The summed E-state index contributed by atoms with van der Waals surface area (Å²) >= 11 is 0. The highest BCUT2D eigenvalue weighted by Crippen LogP contribution is 2.38. The van der Waals surface area contributed by atoms with Gasteiger partial charge in [-0.2, -0.15) is 0 Å². The van der Waals surface area contributed by atoms with E-state index in [0.29, 0.717) is 6.04 Å². The van der Waals surface area contributed by atoms with Crippen LogP contribution in [0.25, 0.3) is 0 Å². The minimum Gasteiger partial charge on any atom is -0.388 e. The van der Waals surface area contributed by atoms with Gasteiger partial charge < -0.3 is 8.85 Å². The van der Waals surface area contributed by atoms with E-state index in [9.17, 15) is 0 Å². The maximum absolute atomic E-state index is 5.60. The summed E-state index contributed by atoms with van der Waals surface area (Å²) in [5, 5.41) is 0. The van der Waals surface area contributed by atoms with Gasteiger partial charge in [0, 0.05) is 26.3 Å². The van der Waals surface area contributed by atoms with Crippen molar-refractivity contribution in [2.45, 2.75) is 57.5 Å². The summed E-state index contributed by atoms with van der Waals surface area (Å²) in [7, 11) is 2.02. The maximum Gasteiger partial charge on any atom is 0.410 e. The monoisotopic (exact) mass is 243 g/mol. The number of piperidine rings is 1. The molecule has 3 nitrogen and oxygen atoms in total. The van der Waals surface area contributed by atoms with Crippen LogP contribution in [0.3, 0.4) is 0 Å². The lowest BCUT2D eigenvalue weighted by molar-refractivity contribution is 0.0456. The van der Waals surface area contributed by atoms with Crippen molar-refractivity contribution in [1.82, 2.24) is 4.57 Å². The minimum atomic E-state index is -1.59. The molecule has 0 N–H and O–H groups in total. The summed E-state index contributed by atoms with van der Waals surface area (Å²) in [6.45, 7) is 2.34. The minimum absolute atomic E-state index is 0.649. The largest absolute Gasteiger partial charge is 0.410 e. The highest BCUT2D eigenvalue weighted by Gasteiger charge is 2.41. The number of nitrogens with zero attached hydrogens (tertiary/aromatic N) is 1. The molecular weight excluding hydrogens is 218 g/mol. The van der Waals surface area contributed by atoms with E-state index in [1.54, 1.807) is 14.2 Å². The first-order chi connectivity index (χ1) is 7.77. The summed E-state index contributed by atoms with van der Waals surface area (Å²) in [6, 6.07) is 1.39. The van der Waals surface area contributed by atoms with Gasteiger partial charge in [0.25, 0.3) is 0 Å². The predicted molar refractivity (Wildman–Crippen MR) is 67.4 cm³/mol. The molecule has 1 saturated heterocycles. The molecule has 1 aliphatic carbocycles. The highest BCUT2D eigenvalue weighted by molar-refractivity contribution is 6.41. The molecule has 3 atom stereocenters. The average molecular weight is 243 g/mol. The molecule has 4 heteroatoms. The normalized spacial score (nSPS) is 36.4. The first kappa shape index (κ1) is 12.6. The van der Waals surface area contributed by atoms with Crippen LogP contribution in [0, 0.1) is 5.92 Å². The number of rotatable bonds is 3. The second kappa shape index (κ2) is 5.62. The van der Waals surface area contributed by atoms with Gasteiger partial charge in [0.15, 0.2) is 0 Å².